The van der Waals surface area contributed by atoms with Gasteiger partial charge in [0.05, 0.1) is 10.6 Å². The fourth-order valence-electron chi connectivity index (χ4n) is 4.28. The first-order chi connectivity index (χ1) is 15.0. The largest absolute Gasteiger partial charge is 0.341 e. The van der Waals surface area contributed by atoms with Gasteiger partial charge < -0.3 is 15.1 Å². The zero-order valence-electron chi connectivity index (χ0n) is 17.6. The Kier molecular flexibility index (Phi) is 6.28. The number of hydrogen-bond donors (Lipinski definition) is 1. The second-order valence-electron chi connectivity index (χ2n) is 8.05. The van der Waals surface area contributed by atoms with Gasteiger partial charge in [0.25, 0.3) is 5.91 Å². The molecule has 0 bridgehead atoms. The van der Waals surface area contributed by atoms with Crippen molar-refractivity contribution >= 4 is 35.0 Å². The summed E-state index contributed by atoms with van der Waals surface area (Å²) in [5.41, 5.74) is 3.04. The third-order valence-corrected chi connectivity index (χ3v) is 6.34. The number of anilines is 1. The molecule has 2 heterocycles. The van der Waals surface area contributed by atoms with E-state index >= 15 is 0 Å². The topological polar surface area (TPSA) is 69.7 Å². The minimum atomic E-state index is -0.564. The van der Waals surface area contributed by atoms with E-state index in [0.717, 1.165) is 37.1 Å². The molecule has 2 aliphatic rings. The van der Waals surface area contributed by atoms with Crippen LogP contribution in [0.1, 0.15) is 47.7 Å². The van der Waals surface area contributed by atoms with Crippen molar-refractivity contribution in [3.05, 3.63) is 64.2 Å². The molecule has 6 nitrogen and oxygen atoms in total. The Labute approximate surface area is 187 Å². The van der Waals surface area contributed by atoms with Gasteiger partial charge in [-0.25, -0.2) is 0 Å². The van der Waals surface area contributed by atoms with E-state index in [4.69, 9.17) is 11.6 Å². The second-order valence-corrected chi connectivity index (χ2v) is 8.46. The van der Waals surface area contributed by atoms with E-state index in [1.54, 1.807) is 36.1 Å². The Bertz CT molecular complexity index is 1020. The molecular formula is C24H26ClN3O3. The highest BCUT2D eigenvalue weighted by Crippen LogP contribution is 2.30. The van der Waals surface area contributed by atoms with Gasteiger partial charge in [-0.05, 0) is 48.2 Å². The lowest BCUT2D eigenvalue weighted by Crippen LogP contribution is -2.53. The van der Waals surface area contributed by atoms with Crippen LogP contribution in [0.3, 0.4) is 0 Å². The maximum Gasteiger partial charge on any atom is 0.256 e. The van der Waals surface area contributed by atoms with Crippen LogP contribution < -0.4 is 5.32 Å². The summed E-state index contributed by atoms with van der Waals surface area (Å²) in [5, 5.41) is 3.24. The molecule has 0 unspecified atom stereocenters. The number of carbonyl (C=O) groups is 3. The molecule has 31 heavy (non-hydrogen) atoms. The quantitative estimate of drug-likeness (QED) is 0.786. The third-order valence-electron chi connectivity index (χ3n) is 6.01. The van der Waals surface area contributed by atoms with E-state index in [9.17, 15) is 14.4 Å². The van der Waals surface area contributed by atoms with Gasteiger partial charge >= 0.3 is 0 Å². The van der Waals surface area contributed by atoms with Crippen LogP contribution in [0.5, 0.6) is 0 Å². The van der Waals surface area contributed by atoms with Crippen LogP contribution in [0.2, 0.25) is 5.02 Å². The molecule has 7 heteroatoms. The van der Waals surface area contributed by atoms with E-state index in [-0.39, 0.29) is 17.7 Å². The van der Waals surface area contributed by atoms with Crippen LogP contribution in [0, 0.1) is 0 Å². The standard InChI is InChI=1S/C24H26ClN3O3/c1-2-22(29)26-18-10-9-16-14-21(24(31)27-11-5-6-12-27)28(15-17(16)13-18)23(30)19-7-3-4-8-20(19)25/h3-4,7-10,13,21H,2,5-6,11-12,14-15H2,1H3,(H,26,29)/t21-/m1/s1. The van der Waals surface area contributed by atoms with Crippen molar-refractivity contribution in [1.82, 2.24) is 9.80 Å². The third kappa shape index (κ3) is 4.44. The summed E-state index contributed by atoms with van der Waals surface area (Å²) in [6.07, 6.45) is 2.82. The number of rotatable bonds is 4. The smallest absolute Gasteiger partial charge is 0.256 e. The number of benzene rings is 2. The van der Waals surface area contributed by atoms with Crippen molar-refractivity contribution in [2.75, 3.05) is 18.4 Å². The first kappa shape index (κ1) is 21.4. The maximum atomic E-state index is 13.5. The maximum absolute atomic E-state index is 13.5. The Morgan fingerprint density at radius 2 is 1.81 bits per heavy atom. The van der Waals surface area contributed by atoms with Crippen LogP contribution in [-0.2, 0) is 22.6 Å². The minimum absolute atomic E-state index is 0.00749. The van der Waals surface area contributed by atoms with Gasteiger partial charge in [-0.3, -0.25) is 14.4 Å². The minimum Gasteiger partial charge on any atom is -0.341 e. The van der Waals surface area contributed by atoms with E-state index in [1.165, 1.54) is 0 Å². The number of halogens is 1. The van der Waals surface area contributed by atoms with Crippen molar-refractivity contribution < 1.29 is 14.4 Å². The Morgan fingerprint density at radius 3 is 2.52 bits per heavy atom. The fourth-order valence-corrected chi connectivity index (χ4v) is 4.50. The van der Waals surface area contributed by atoms with Gasteiger partial charge in [0.2, 0.25) is 11.8 Å². The number of fused-ring (bicyclic) bond motifs is 1. The van der Waals surface area contributed by atoms with E-state index in [2.05, 4.69) is 5.32 Å². The van der Waals surface area contributed by atoms with Gasteiger partial charge in [-0.1, -0.05) is 36.7 Å². The van der Waals surface area contributed by atoms with Crippen molar-refractivity contribution in [3.63, 3.8) is 0 Å². The molecule has 1 saturated heterocycles. The highest BCUT2D eigenvalue weighted by Gasteiger charge is 2.38. The van der Waals surface area contributed by atoms with Crippen molar-refractivity contribution in [2.45, 2.75) is 45.2 Å². The molecule has 1 fully saturated rings. The lowest BCUT2D eigenvalue weighted by Gasteiger charge is -2.38. The summed E-state index contributed by atoms with van der Waals surface area (Å²) < 4.78 is 0. The van der Waals surface area contributed by atoms with E-state index < -0.39 is 6.04 Å². The molecule has 1 atom stereocenters. The number of nitrogens with one attached hydrogen (secondary N) is 1. The molecular weight excluding hydrogens is 414 g/mol. The lowest BCUT2D eigenvalue weighted by molar-refractivity contribution is -0.135. The molecule has 1 N–H and O–H groups in total. The van der Waals surface area contributed by atoms with Crippen LogP contribution in [0.15, 0.2) is 42.5 Å². The highest BCUT2D eigenvalue weighted by atomic mass is 35.5. The monoisotopic (exact) mass is 439 g/mol. The first-order valence-corrected chi connectivity index (χ1v) is 11.1. The Morgan fingerprint density at radius 1 is 1.06 bits per heavy atom. The predicted octanol–water partition coefficient (Wildman–Crippen LogP) is 3.88. The predicted molar refractivity (Wildman–Crippen MR) is 120 cm³/mol. The summed E-state index contributed by atoms with van der Waals surface area (Å²) in [4.78, 5) is 42.1. The number of likely N-dealkylation sites (tertiary alicyclic amines) is 1. The van der Waals surface area contributed by atoms with Gasteiger partial charge in [0.15, 0.2) is 0 Å². The van der Waals surface area contributed by atoms with Gasteiger partial charge in [0, 0.05) is 38.2 Å². The highest BCUT2D eigenvalue weighted by molar-refractivity contribution is 6.33. The number of carbonyl (C=O) groups excluding carboxylic acids is 3. The molecule has 4 rings (SSSR count). The molecule has 0 radical (unpaired) electrons. The van der Waals surface area contributed by atoms with E-state index in [1.807, 2.05) is 23.1 Å². The van der Waals surface area contributed by atoms with Crippen LogP contribution in [-0.4, -0.2) is 46.7 Å². The molecule has 2 aliphatic heterocycles. The zero-order valence-corrected chi connectivity index (χ0v) is 18.3. The molecule has 0 aromatic heterocycles. The summed E-state index contributed by atoms with van der Waals surface area (Å²) in [6.45, 7) is 3.56. The molecule has 0 spiro atoms. The Balaban J connectivity index is 1.68. The molecule has 162 valence electrons. The van der Waals surface area contributed by atoms with Gasteiger partial charge in [-0.2, -0.15) is 0 Å². The fraction of sp³-hybridized carbons (Fsp3) is 0.375. The second kappa shape index (κ2) is 9.10. The van der Waals surface area contributed by atoms with Gasteiger partial charge in [0.1, 0.15) is 6.04 Å². The molecule has 2 aromatic carbocycles. The van der Waals surface area contributed by atoms with E-state index in [0.29, 0.717) is 35.7 Å². The number of hydrogen-bond acceptors (Lipinski definition) is 3. The summed E-state index contributed by atoms with van der Waals surface area (Å²) in [5.74, 6) is -0.328. The van der Waals surface area contributed by atoms with Crippen LogP contribution in [0.25, 0.3) is 0 Å². The molecule has 3 amide bonds. The Hall–Kier alpha value is -2.86. The van der Waals surface area contributed by atoms with Crippen LogP contribution >= 0.6 is 11.6 Å². The first-order valence-electron chi connectivity index (χ1n) is 10.7. The summed E-state index contributed by atoms with van der Waals surface area (Å²) in [7, 11) is 0. The zero-order chi connectivity index (χ0) is 22.0. The summed E-state index contributed by atoms with van der Waals surface area (Å²) in [6, 6.07) is 12.1. The average molecular weight is 440 g/mol. The van der Waals surface area contributed by atoms with Crippen molar-refractivity contribution in [2.24, 2.45) is 0 Å². The number of amides is 3. The normalized spacial score (nSPS) is 17.9. The van der Waals surface area contributed by atoms with Gasteiger partial charge in [-0.15, -0.1) is 0 Å². The average Bonchev–Trinajstić information content (AvgIpc) is 3.32. The summed E-state index contributed by atoms with van der Waals surface area (Å²) >= 11 is 6.30. The molecule has 0 aliphatic carbocycles. The van der Waals surface area contributed by atoms with Crippen LogP contribution in [0.4, 0.5) is 5.69 Å². The lowest BCUT2D eigenvalue weighted by atomic mass is 9.92. The van der Waals surface area contributed by atoms with Crippen molar-refractivity contribution in [3.8, 4) is 0 Å². The van der Waals surface area contributed by atoms with Crippen molar-refractivity contribution in [1.29, 1.82) is 0 Å². The number of nitrogens with zero attached hydrogens (tertiary/aromatic N) is 2. The molecule has 0 saturated carbocycles. The molecule has 2 aromatic rings. The SMILES string of the molecule is CCC(=O)Nc1ccc2c(c1)CN(C(=O)c1ccccc1Cl)[C@@H](C(=O)N1CCCC1)C2.